The summed E-state index contributed by atoms with van der Waals surface area (Å²) in [5.74, 6) is 2.55. The fraction of sp³-hybridized carbons (Fsp3) is 0.684. The Balaban J connectivity index is 1.29. The molecule has 1 saturated heterocycles. The second-order valence-electron chi connectivity index (χ2n) is 7.92. The molecule has 5 aliphatic rings. The number of benzene rings is 1. The summed E-state index contributed by atoms with van der Waals surface area (Å²) < 4.78 is 5.20. The maximum Gasteiger partial charge on any atom is 0.239 e. The van der Waals surface area contributed by atoms with Crippen LogP contribution in [-0.2, 0) is 19.6 Å². The number of methoxy groups -OCH3 is 1. The lowest BCUT2D eigenvalue weighted by Gasteiger charge is -2.58. The van der Waals surface area contributed by atoms with Crippen LogP contribution >= 0.6 is 0 Å². The standard InChI is InChI=1S/C19H25NO5/c1-21-18-4-2-17(3-5-18)20-11-22-24-19(25-23-12-20)15-7-13-6-14(9-15)10-16(19)8-13/h2-5,13-16H,6-12H2,1H3. The Morgan fingerprint density at radius 1 is 0.880 bits per heavy atom. The number of hydrogen-bond acceptors (Lipinski definition) is 6. The Morgan fingerprint density at radius 2 is 1.44 bits per heavy atom. The molecular formula is C19H25NO5. The van der Waals surface area contributed by atoms with Gasteiger partial charge in [-0.3, -0.25) is 0 Å². The molecule has 6 heteroatoms. The van der Waals surface area contributed by atoms with E-state index in [4.69, 9.17) is 24.3 Å². The quantitative estimate of drug-likeness (QED) is 0.764. The van der Waals surface area contributed by atoms with Crippen LogP contribution in [0.15, 0.2) is 24.3 Å². The number of rotatable bonds is 2. The van der Waals surface area contributed by atoms with Crippen LogP contribution in [0.25, 0.3) is 0 Å². The van der Waals surface area contributed by atoms with Crippen molar-refractivity contribution in [1.82, 2.24) is 0 Å². The van der Waals surface area contributed by atoms with Crippen molar-refractivity contribution >= 4 is 5.69 Å². The minimum atomic E-state index is -0.709. The minimum Gasteiger partial charge on any atom is -0.497 e. The van der Waals surface area contributed by atoms with Gasteiger partial charge in [0.05, 0.1) is 7.11 Å². The first-order chi connectivity index (χ1) is 12.3. The molecule has 0 radical (unpaired) electrons. The van der Waals surface area contributed by atoms with Gasteiger partial charge in [0.2, 0.25) is 5.79 Å². The third-order valence-corrected chi connectivity index (χ3v) is 6.51. The maximum atomic E-state index is 5.93. The van der Waals surface area contributed by atoms with Gasteiger partial charge in [-0.15, -0.1) is 0 Å². The number of nitrogens with zero attached hydrogens (tertiary/aromatic N) is 1. The largest absolute Gasteiger partial charge is 0.497 e. The molecular weight excluding hydrogens is 322 g/mol. The summed E-state index contributed by atoms with van der Waals surface area (Å²) in [7, 11) is 1.66. The second kappa shape index (κ2) is 6.13. The van der Waals surface area contributed by atoms with E-state index in [1.54, 1.807) is 7.11 Å². The SMILES string of the molecule is COc1ccc(N2COOC3(OOC2)C2CC4CC(C2)CC3C4)cc1. The van der Waals surface area contributed by atoms with E-state index in [2.05, 4.69) is 0 Å². The molecule has 1 aromatic carbocycles. The molecule has 1 spiro atoms. The van der Waals surface area contributed by atoms with Crippen molar-refractivity contribution in [3.05, 3.63) is 24.3 Å². The number of hydrogen-bond donors (Lipinski definition) is 0. The molecule has 1 aliphatic heterocycles. The van der Waals surface area contributed by atoms with E-state index in [-0.39, 0.29) is 0 Å². The van der Waals surface area contributed by atoms with Crippen molar-refractivity contribution in [3.8, 4) is 5.75 Å². The topological polar surface area (TPSA) is 49.4 Å². The van der Waals surface area contributed by atoms with Crippen molar-refractivity contribution in [1.29, 1.82) is 0 Å². The molecule has 0 N–H and O–H groups in total. The first-order valence-electron chi connectivity index (χ1n) is 9.27. The van der Waals surface area contributed by atoms with Gasteiger partial charge in [-0.2, -0.15) is 9.78 Å². The van der Waals surface area contributed by atoms with Crippen LogP contribution in [0.3, 0.4) is 0 Å². The number of anilines is 1. The summed E-state index contributed by atoms with van der Waals surface area (Å²) in [6.45, 7) is 0.619. The summed E-state index contributed by atoms with van der Waals surface area (Å²) in [6, 6.07) is 7.75. The Kier molecular flexibility index (Phi) is 3.89. The van der Waals surface area contributed by atoms with Gasteiger partial charge in [-0.1, -0.05) is 0 Å². The molecule has 6 rings (SSSR count). The van der Waals surface area contributed by atoms with Gasteiger partial charge < -0.3 is 9.64 Å². The Morgan fingerprint density at radius 3 is 1.96 bits per heavy atom. The average molecular weight is 347 g/mol. The zero-order valence-electron chi connectivity index (χ0n) is 14.6. The summed E-state index contributed by atoms with van der Waals surface area (Å²) in [5.41, 5.74) is 0.967. The van der Waals surface area contributed by atoms with Gasteiger partial charge in [0, 0.05) is 17.5 Å². The molecule has 6 nitrogen and oxygen atoms in total. The lowest BCUT2D eigenvalue weighted by Crippen LogP contribution is -2.61. The third kappa shape index (κ3) is 2.63. The normalized spacial score (nSPS) is 36.3. The highest BCUT2D eigenvalue weighted by Gasteiger charge is 2.61. The third-order valence-electron chi connectivity index (χ3n) is 6.51. The smallest absolute Gasteiger partial charge is 0.239 e. The van der Waals surface area contributed by atoms with Crippen LogP contribution < -0.4 is 9.64 Å². The zero-order valence-corrected chi connectivity index (χ0v) is 14.6. The molecule has 4 saturated carbocycles. The van der Waals surface area contributed by atoms with Crippen molar-refractivity contribution in [2.75, 3.05) is 25.5 Å². The van der Waals surface area contributed by atoms with E-state index in [0.717, 1.165) is 23.3 Å². The summed E-state index contributed by atoms with van der Waals surface area (Å²) in [5, 5.41) is 0. The highest BCUT2D eigenvalue weighted by atomic mass is 17.3. The first kappa shape index (κ1) is 15.9. The molecule has 1 heterocycles. The lowest BCUT2D eigenvalue weighted by molar-refractivity contribution is -0.558. The van der Waals surface area contributed by atoms with Crippen LogP contribution in [0.1, 0.15) is 32.1 Å². The fourth-order valence-electron chi connectivity index (χ4n) is 5.47. The Labute approximate surface area is 147 Å². The van der Waals surface area contributed by atoms with Crippen LogP contribution in [0.4, 0.5) is 5.69 Å². The highest BCUT2D eigenvalue weighted by Crippen LogP contribution is 2.60. The Hall–Kier alpha value is -1.34. The van der Waals surface area contributed by atoms with Crippen molar-refractivity contribution in [2.24, 2.45) is 23.7 Å². The van der Waals surface area contributed by atoms with Crippen LogP contribution in [0, 0.1) is 23.7 Å². The van der Waals surface area contributed by atoms with Gasteiger partial charge in [0.1, 0.15) is 5.75 Å². The summed E-state index contributed by atoms with van der Waals surface area (Å²) in [4.78, 5) is 25.1. The zero-order chi connectivity index (χ0) is 16.9. The van der Waals surface area contributed by atoms with Crippen LogP contribution in [0.5, 0.6) is 5.75 Å². The van der Waals surface area contributed by atoms with E-state index in [9.17, 15) is 0 Å². The monoisotopic (exact) mass is 347 g/mol. The molecule has 0 amide bonds. The summed E-state index contributed by atoms with van der Waals surface area (Å²) >= 11 is 0. The van der Waals surface area contributed by atoms with Crippen molar-refractivity contribution in [2.45, 2.75) is 37.9 Å². The highest BCUT2D eigenvalue weighted by molar-refractivity contribution is 5.48. The van der Waals surface area contributed by atoms with Gasteiger partial charge in [-0.25, -0.2) is 9.78 Å². The molecule has 0 unspecified atom stereocenters. The lowest BCUT2D eigenvalue weighted by atomic mass is 9.53. The molecule has 4 aliphatic carbocycles. The van der Waals surface area contributed by atoms with Crippen molar-refractivity contribution in [3.63, 3.8) is 0 Å². The average Bonchev–Trinajstić information content (AvgIpc) is 2.60. The van der Waals surface area contributed by atoms with E-state index >= 15 is 0 Å². The van der Waals surface area contributed by atoms with Crippen molar-refractivity contribution < 1.29 is 24.3 Å². The predicted molar refractivity (Wildman–Crippen MR) is 89.3 cm³/mol. The van der Waals surface area contributed by atoms with E-state index in [0.29, 0.717) is 25.3 Å². The maximum absolute atomic E-state index is 5.93. The fourth-order valence-corrected chi connectivity index (χ4v) is 5.47. The predicted octanol–water partition coefficient (Wildman–Crippen LogP) is 3.48. The molecule has 136 valence electrons. The van der Waals surface area contributed by atoms with Gasteiger partial charge >= 0.3 is 0 Å². The molecule has 0 aromatic heterocycles. The van der Waals surface area contributed by atoms with E-state index in [1.807, 2.05) is 29.2 Å². The molecule has 4 bridgehead atoms. The van der Waals surface area contributed by atoms with Crippen LogP contribution in [0.2, 0.25) is 0 Å². The molecule has 1 aromatic rings. The van der Waals surface area contributed by atoms with E-state index in [1.165, 1.54) is 32.1 Å². The van der Waals surface area contributed by atoms with Gasteiger partial charge in [0.15, 0.2) is 13.5 Å². The van der Waals surface area contributed by atoms with Crippen LogP contribution in [-0.4, -0.2) is 26.4 Å². The molecule has 25 heavy (non-hydrogen) atoms. The second-order valence-corrected chi connectivity index (χ2v) is 7.92. The van der Waals surface area contributed by atoms with E-state index < -0.39 is 5.79 Å². The molecule has 5 fully saturated rings. The summed E-state index contributed by atoms with van der Waals surface area (Å²) in [6.07, 6.45) is 6.06. The minimum absolute atomic E-state index is 0.309. The van der Waals surface area contributed by atoms with Gasteiger partial charge in [0.25, 0.3) is 0 Å². The first-order valence-corrected chi connectivity index (χ1v) is 9.27. The molecule has 0 atom stereocenters. The van der Waals surface area contributed by atoms with Gasteiger partial charge in [-0.05, 0) is 68.2 Å². The Bertz CT molecular complexity index is 579. The number of ether oxygens (including phenoxy) is 1.